The molecule has 8 heteroatoms. The predicted molar refractivity (Wildman–Crippen MR) is 76.6 cm³/mol. The minimum absolute atomic E-state index is 0. The molecule has 0 amide bonds. The molecule has 118 valence electrons. The van der Waals surface area contributed by atoms with Gasteiger partial charge in [0.25, 0.3) is 0 Å². The van der Waals surface area contributed by atoms with Crippen molar-refractivity contribution in [2.45, 2.75) is 23.8 Å². The van der Waals surface area contributed by atoms with E-state index in [4.69, 9.17) is 5.73 Å². The highest BCUT2D eigenvalue weighted by Crippen LogP contribution is 2.39. The third kappa shape index (κ3) is 2.92. The minimum Gasteiger partial charge on any atom is -0.327 e. The summed E-state index contributed by atoms with van der Waals surface area (Å²) in [6.07, 6.45) is 1.83. The summed E-state index contributed by atoms with van der Waals surface area (Å²) in [5.74, 6) is -1.36. The second-order valence-electron chi connectivity index (χ2n) is 5.59. The van der Waals surface area contributed by atoms with E-state index in [2.05, 4.69) is 0 Å². The lowest BCUT2D eigenvalue weighted by Gasteiger charge is -2.18. The number of nitrogens with two attached hydrogens (primary N) is 1. The SMILES string of the molecule is Cl.NC1CCC2CN(S(=O)(=O)c3cc(F)cc(F)c3)CC12. The Morgan fingerprint density at radius 1 is 1.10 bits per heavy atom. The number of benzene rings is 1. The molecule has 0 bridgehead atoms. The van der Waals surface area contributed by atoms with Crippen LogP contribution in [0.3, 0.4) is 0 Å². The fourth-order valence-corrected chi connectivity index (χ4v) is 4.87. The van der Waals surface area contributed by atoms with Crippen molar-refractivity contribution >= 4 is 22.4 Å². The Kier molecular flexibility index (Phi) is 4.58. The van der Waals surface area contributed by atoms with Crippen LogP contribution in [-0.2, 0) is 10.0 Å². The van der Waals surface area contributed by atoms with Gasteiger partial charge in [0.05, 0.1) is 4.90 Å². The molecule has 1 saturated heterocycles. The molecular formula is C13H17ClF2N2O2S. The van der Waals surface area contributed by atoms with Crippen molar-refractivity contribution < 1.29 is 17.2 Å². The van der Waals surface area contributed by atoms with Crippen molar-refractivity contribution in [2.75, 3.05) is 13.1 Å². The standard InChI is InChI=1S/C13H16F2N2O2S.ClH/c14-9-3-10(15)5-11(4-9)20(18,19)17-6-8-1-2-13(16)12(8)7-17;/h3-5,8,12-13H,1-2,6-7,16H2;1H. The molecule has 1 aliphatic carbocycles. The third-order valence-corrected chi connectivity index (χ3v) is 6.16. The predicted octanol–water partition coefficient (Wildman–Crippen LogP) is 1.74. The van der Waals surface area contributed by atoms with Gasteiger partial charge in [0.2, 0.25) is 10.0 Å². The summed E-state index contributed by atoms with van der Waals surface area (Å²) in [6, 6.07) is 2.39. The molecule has 3 rings (SSSR count). The molecule has 4 nitrogen and oxygen atoms in total. The lowest BCUT2D eigenvalue weighted by atomic mass is 9.98. The Bertz CT molecular complexity index is 621. The van der Waals surface area contributed by atoms with E-state index in [0.29, 0.717) is 19.2 Å². The maximum atomic E-state index is 13.2. The zero-order valence-corrected chi connectivity index (χ0v) is 12.8. The Balaban J connectivity index is 0.00000161. The van der Waals surface area contributed by atoms with Crippen molar-refractivity contribution in [3.05, 3.63) is 29.8 Å². The van der Waals surface area contributed by atoms with Crippen LogP contribution in [0.25, 0.3) is 0 Å². The summed E-state index contributed by atoms with van der Waals surface area (Å²) in [7, 11) is -3.85. The number of sulfonamides is 1. The van der Waals surface area contributed by atoms with Crippen molar-refractivity contribution in [3.63, 3.8) is 0 Å². The van der Waals surface area contributed by atoms with Gasteiger partial charge in [-0.2, -0.15) is 4.31 Å². The van der Waals surface area contributed by atoms with Crippen LogP contribution in [0.15, 0.2) is 23.1 Å². The number of hydrogen-bond donors (Lipinski definition) is 1. The average Bonchev–Trinajstić information content (AvgIpc) is 2.91. The fourth-order valence-electron chi connectivity index (χ4n) is 3.29. The fraction of sp³-hybridized carbons (Fsp3) is 0.538. The Hall–Kier alpha value is -0.760. The van der Waals surface area contributed by atoms with Gasteiger partial charge < -0.3 is 5.73 Å². The average molecular weight is 339 g/mol. The van der Waals surface area contributed by atoms with E-state index in [0.717, 1.165) is 25.0 Å². The summed E-state index contributed by atoms with van der Waals surface area (Å²) in [6.45, 7) is 0.727. The number of halogens is 3. The zero-order valence-electron chi connectivity index (χ0n) is 11.2. The number of hydrogen-bond acceptors (Lipinski definition) is 3. The summed E-state index contributed by atoms with van der Waals surface area (Å²) >= 11 is 0. The van der Waals surface area contributed by atoms with Gasteiger partial charge in [-0.1, -0.05) is 0 Å². The first-order valence-electron chi connectivity index (χ1n) is 6.60. The van der Waals surface area contributed by atoms with Crippen LogP contribution in [0.2, 0.25) is 0 Å². The summed E-state index contributed by atoms with van der Waals surface area (Å²) < 4.78 is 52.5. The van der Waals surface area contributed by atoms with E-state index >= 15 is 0 Å². The minimum atomic E-state index is -3.85. The van der Waals surface area contributed by atoms with Crippen LogP contribution in [0.4, 0.5) is 8.78 Å². The molecule has 3 unspecified atom stereocenters. The molecule has 21 heavy (non-hydrogen) atoms. The topological polar surface area (TPSA) is 63.4 Å². The van der Waals surface area contributed by atoms with Crippen molar-refractivity contribution in [3.8, 4) is 0 Å². The lowest BCUT2D eigenvalue weighted by molar-refractivity contribution is 0.426. The number of rotatable bonds is 2. The molecule has 1 aromatic rings. The van der Waals surface area contributed by atoms with Crippen LogP contribution in [0, 0.1) is 23.5 Å². The van der Waals surface area contributed by atoms with Crippen LogP contribution < -0.4 is 5.73 Å². The molecule has 0 aromatic heterocycles. The summed E-state index contributed by atoms with van der Waals surface area (Å²) in [4.78, 5) is -0.330. The molecule has 3 atom stereocenters. The lowest BCUT2D eigenvalue weighted by Crippen LogP contribution is -2.33. The highest BCUT2D eigenvalue weighted by atomic mass is 35.5. The van der Waals surface area contributed by atoms with E-state index in [-0.39, 0.29) is 35.2 Å². The van der Waals surface area contributed by atoms with E-state index in [1.54, 1.807) is 0 Å². The molecule has 2 N–H and O–H groups in total. The Morgan fingerprint density at radius 2 is 1.71 bits per heavy atom. The van der Waals surface area contributed by atoms with E-state index in [1.165, 1.54) is 4.31 Å². The van der Waals surface area contributed by atoms with Crippen LogP contribution in [0.5, 0.6) is 0 Å². The molecule has 1 aromatic carbocycles. The van der Waals surface area contributed by atoms with Gasteiger partial charge in [0.15, 0.2) is 0 Å². The van der Waals surface area contributed by atoms with Gasteiger partial charge in [-0.3, -0.25) is 0 Å². The van der Waals surface area contributed by atoms with Gasteiger partial charge in [-0.25, -0.2) is 17.2 Å². The first-order valence-corrected chi connectivity index (χ1v) is 8.04. The van der Waals surface area contributed by atoms with Crippen LogP contribution in [0.1, 0.15) is 12.8 Å². The maximum Gasteiger partial charge on any atom is 0.243 e. The van der Waals surface area contributed by atoms with Gasteiger partial charge in [-0.15, -0.1) is 12.4 Å². The first-order chi connectivity index (χ1) is 9.38. The normalized spacial score (nSPS) is 29.2. The van der Waals surface area contributed by atoms with Crippen molar-refractivity contribution in [1.29, 1.82) is 0 Å². The van der Waals surface area contributed by atoms with Crippen molar-refractivity contribution in [1.82, 2.24) is 4.31 Å². The molecule has 1 heterocycles. The highest BCUT2D eigenvalue weighted by Gasteiger charge is 2.45. The van der Waals surface area contributed by atoms with E-state index < -0.39 is 21.7 Å². The Labute approximate surface area is 128 Å². The van der Waals surface area contributed by atoms with Crippen LogP contribution >= 0.6 is 12.4 Å². The highest BCUT2D eigenvalue weighted by molar-refractivity contribution is 7.89. The first kappa shape index (κ1) is 16.6. The summed E-state index contributed by atoms with van der Waals surface area (Å²) in [5, 5.41) is 0. The quantitative estimate of drug-likeness (QED) is 0.893. The number of nitrogens with zero attached hydrogens (tertiary/aromatic N) is 1. The third-order valence-electron chi connectivity index (χ3n) is 4.35. The Morgan fingerprint density at radius 3 is 2.29 bits per heavy atom. The molecule has 2 fully saturated rings. The number of fused-ring (bicyclic) bond motifs is 1. The summed E-state index contributed by atoms with van der Waals surface area (Å²) in [5.41, 5.74) is 5.97. The smallest absolute Gasteiger partial charge is 0.243 e. The van der Waals surface area contributed by atoms with E-state index in [9.17, 15) is 17.2 Å². The molecule has 0 radical (unpaired) electrons. The monoisotopic (exact) mass is 338 g/mol. The van der Waals surface area contributed by atoms with Crippen LogP contribution in [-0.4, -0.2) is 31.9 Å². The maximum absolute atomic E-state index is 13.2. The molecule has 2 aliphatic rings. The van der Waals surface area contributed by atoms with E-state index in [1.807, 2.05) is 0 Å². The van der Waals surface area contributed by atoms with Gasteiger partial charge in [-0.05, 0) is 36.8 Å². The molecular weight excluding hydrogens is 322 g/mol. The van der Waals surface area contributed by atoms with Gasteiger partial charge in [0.1, 0.15) is 11.6 Å². The van der Waals surface area contributed by atoms with Crippen molar-refractivity contribution in [2.24, 2.45) is 17.6 Å². The second-order valence-corrected chi connectivity index (χ2v) is 7.53. The zero-order chi connectivity index (χ0) is 14.5. The molecule has 1 aliphatic heterocycles. The van der Waals surface area contributed by atoms with Gasteiger partial charge >= 0.3 is 0 Å². The largest absolute Gasteiger partial charge is 0.327 e. The van der Waals surface area contributed by atoms with Gasteiger partial charge in [0, 0.05) is 25.2 Å². The second kappa shape index (κ2) is 5.79. The molecule has 0 spiro atoms. The molecule has 1 saturated carbocycles.